The van der Waals surface area contributed by atoms with Crippen LogP contribution >= 0.6 is 59.2 Å². The lowest BCUT2D eigenvalue weighted by Crippen LogP contribution is -2.59. The van der Waals surface area contributed by atoms with E-state index in [9.17, 15) is 14.4 Å². The van der Waals surface area contributed by atoms with Crippen LogP contribution in [0.4, 0.5) is 5.69 Å². The highest BCUT2D eigenvalue weighted by atomic mass is 35.5. The van der Waals surface area contributed by atoms with Crippen molar-refractivity contribution in [2.75, 3.05) is 5.32 Å². The summed E-state index contributed by atoms with van der Waals surface area (Å²) in [6, 6.07) is 2.60. The molecule has 0 atom stereocenters. The number of halogens is 3. The Morgan fingerprint density at radius 2 is 1.68 bits per heavy atom. The number of nitrogens with zero attached hydrogens (tertiary/aromatic N) is 1. The Labute approximate surface area is 183 Å². The minimum Gasteiger partial charge on any atom is -0.319 e. The lowest BCUT2D eigenvalue weighted by Gasteiger charge is -2.23. The molecule has 7 N–H and O–H groups in total. The highest BCUT2D eigenvalue weighted by molar-refractivity contribution is 7.80. The summed E-state index contributed by atoms with van der Waals surface area (Å²) in [7, 11) is 0. The molecule has 3 amide bonds. The number of hydrogen-bond acceptors (Lipinski definition) is 7. The summed E-state index contributed by atoms with van der Waals surface area (Å²) in [6.45, 7) is 0. The minimum absolute atomic E-state index is 0.0629. The zero-order chi connectivity index (χ0) is 21.0. The van der Waals surface area contributed by atoms with Gasteiger partial charge in [0.1, 0.15) is 5.71 Å². The second-order valence-electron chi connectivity index (χ2n) is 5.02. The number of carbonyl (C=O) groups is 3. The largest absolute Gasteiger partial charge is 0.319 e. The molecule has 28 heavy (non-hydrogen) atoms. The number of hydrazone groups is 1. The average molecular weight is 483 g/mol. The van der Waals surface area contributed by atoms with Crippen molar-refractivity contribution in [2.45, 2.75) is 0 Å². The van der Waals surface area contributed by atoms with Gasteiger partial charge in [-0.15, -0.1) is 0 Å². The van der Waals surface area contributed by atoms with Crippen LogP contribution in [0.3, 0.4) is 0 Å². The second kappa shape index (κ2) is 9.41. The number of rotatable bonds is 4. The number of anilines is 1. The summed E-state index contributed by atoms with van der Waals surface area (Å²) < 4.78 is 0. The van der Waals surface area contributed by atoms with E-state index in [-0.39, 0.29) is 31.0 Å². The van der Waals surface area contributed by atoms with Crippen molar-refractivity contribution in [3.05, 3.63) is 27.2 Å². The van der Waals surface area contributed by atoms with Gasteiger partial charge < -0.3 is 16.0 Å². The SMILES string of the molecule is NNC(=S)NN=C(C(=O)Nc1cc(Cl)c(Cl)cc1Cl)C1C(=O)NC(=S)NC1=O. The first kappa shape index (κ1) is 22.2. The van der Waals surface area contributed by atoms with Crippen LogP contribution in [-0.2, 0) is 14.4 Å². The second-order valence-corrected chi connectivity index (χ2v) is 7.06. The maximum atomic E-state index is 12.7. The lowest BCUT2D eigenvalue weighted by atomic mass is 9.99. The Hall–Kier alpha value is -2.09. The smallest absolute Gasteiger partial charge is 0.273 e. The summed E-state index contributed by atoms with van der Waals surface area (Å²) in [6.07, 6.45) is 0. The van der Waals surface area contributed by atoms with E-state index in [4.69, 9.17) is 65.1 Å². The van der Waals surface area contributed by atoms with Crippen LogP contribution in [0, 0.1) is 5.92 Å². The fourth-order valence-corrected chi connectivity index (χ4v) is 2.80. The summed E-state index contributed by atoms with van der Waals surface area (Å²) in [5.41, 5.74) is 3.83. The van der Waals surface area contributed by atoms with Gasteiger partial charge in [0.15, 0.2) is 11.0 Å². The first-order valence-electron chi connectivity index (χ1n) is 7.09. The van der Waals surface area contributed by atoms with Gasteiger partial charge in [-0.05, 0) is 36.6 Å². The topological polar surface area (TPSA) is 150 Å². The number of hydrazine groups is 1. The molecule has 1 heterocycles. The molecule has 1 aliphatic heterocycles. The van der Waals surface area contributed by atoms with Crippen molar-refractivity contribution < 1.29 is 14.4 Å². The molecule has 0 aliphatic carbocycles. The summed E-state index contributed by atoms with van der Waals surface area (Å²) in [5, 5.41) is 10.5. The molecule has 0 bridgehead atoms. The highest BCUT2D eigenvalue weighted by Gasteiger charge is 2.40. The molecule has 10 nitrogen and oxygen atoms in total. The van der Waals surface area contributed by atoms with Crippen LogP contribution < -0.4 is 32.6 Å². The molecule has 0 saturated carbocycles. The lowest BCUT2D eigenvalue weighted by molar-refractivity contribution is -0.132. The zero-order valence-electron chi connectivity index (χ0n) is 13.4. The van der Waals surface area contributed by atoms with E-state index in [1.54, 1.807) is 0 Å². The fraction of sp³-hybridized carbons (Fsp3) is 0.0769. The average Bonchev–Trinajstić information content (AvgIpc) is 2.61. The zero-order valence-corrected chi connectivity index (χ0v) is 17.3. The Kier molecular flexibility index (Phi) is 7.46. The molecule has 1 aliphatic rings. The van der Waals surface area contributed by atoms with Gasteiger partial charge in [0.05, 0.1) is 20.8 Å². The van der Waals surface area contributed by atoms with E-state index in [2.05, 4.69) is 31.9 Å². The van der Waals surface area contributed by atoms with Crippen molar-refractivity contribution in [1.29, 1.82) is 0 Å². The van der Waals surface area contributed by atoms with E-state index in [0.717, 1.165) is 0 Å². The molecule has 0 radical (unpaired) electrons. The molecule has 1 aromatic carbocycles. The molecule has 2 rings (SSSR count). The number of benzene rings is 1. The van der Waals surface area contributed by atoms with Gasteiger partial charge in [-0.25, -0.2) is 5.84 Å². The molecule has 15 heteroatoms. The third-order valence-corrected chi connectivity index (χ3v) is 4.62. The minimum atomic E-state index is -1.64. The van der Waals surface area contributed by atoms with Crippen LogP contribution in [0.15, 0.2) is 17.2 Å². The molecular weight excluding hydrogens is 473 g/mol. The molecule has 0 unspecified atom stereocenters. The predicted molar refractivity (Wildman–Crippen MR) is 113 cm³/mol. The van der Waals surface area contributed by atoms with Gasteiger partial charge in [-0.3, -0.25) is 25.2 Å². The highest BCUT2D eigenvalue weighted by Crippen LogP contribution is 2.32. The van der Waals surface area contributed by atoms with E-state index >= 15 is 0 Å². The third-order valence-electron chi connectivity index (χ3n) is 3.17. The van der Waals surface area contributed by atoms with Crippen LogP contribution in [0.2, 0.25) is 15.1 Å². The molecule has 1 fully saturated rings. The normalized spacial score (nSPS) is 14.9. The van der Waals surface area contributed by atoms with Crippen molar-refractivity contribution in [1.82, 2.24) is 21.5 Å². The van der Waals surface area contributed by atoms with Crippen molar-refractivity contribution >= 4 is 98.6 Å². The summed E-state index contributed by atoms with van der Waals surface area (Å²) >= 11 is 27.3. The maximum Gasteiger partial charge on any atom is 0.273 e. The van der Waals surface area contributed by atoms with Gasteiger partial charge in [-0.2, -0.15) is 5.10 Å². The number of amides is 3. The van der Waals surface area contributed by atoms with Gasteiger partial charge in [0.25, 0.3) is 5.91 Å². The number of nitrogens with two attached hydrogens (primary N) is 1. The maximum absolute atomic E-state index is 12.7. The standard InChI is InChI=1S/C13H10Cl3N7O3S2/c14-3-1-5(16)6(2-4(3)15)18-11(26)8(22-23-13(28)21-17)7-9(24)19-12(27)20-10(7)25/h1-2,7H,17H2,(H,18,26)(H2,21,23,28)(H2,19,20,24,25,27). The quantitative estimate of drug-likeness (QED) is 0.0903. The van der Waals surface area contributed by atoms with Gasteiger partial charge in [0, 0.05) is 0 Å². The van der Waals surface area contributed by atoms with E-state index in [1.165, 1.54) is 12.1 Å². The van der Waals surface area contributed by atoms with Gasteiger partial charge >= 0.3 is 0 Å². The number of carbonyl (C=O) groups excluding carboxylic acids is 3. The molecule has 1 aromatic rings. The summed E-state index contributed by atoms with van der Waals surface area (Å²) in [4.78, 5) is 37.1. The number of nitrogens with one attached hydrogen (secondary N) is 5. The molecule has 1 saturated heterocycles. The van der Waals surface area contributed by atoms with E-state index < -0.39 is 29.4 Å². The number of thiocarbonyl (C=S) groups is 2. The van der Waals surface area contributed by atoms with Gasteiger partial charge in [0.2, 0.25) is 16.9 Å². The predicted octanol–water partition coefficient (Wildman–Crippen LogP) is 0.426. The molecular formula is C13H10Cl3N7O3S2. The number of hydrogen-bond donors (Lipinski definition) is 6. The molecule has 148 valence electrons. The molecule has 0 aromatic heterocycles. The van der Waals surface area contributed by atoms with E-state index in [0.29, 0.717) is 0 Å². The molecule has 0 spiro atoms. The Bertz CT molecular complexity index is 905. The Morgan fingerprint density at radius 1 is 1.11 bits per heavy atom. The van der Waals surface area contributed by atoms with Crippen LogP contribution in [0.25, 0.3) is 0 Å². The Morgan fingerprint density at radius 3 is 2.25 bits per heavy atom. The monoisotopic (exact) mass is 481 g/mol. The first-order valence-corrected chi connectivity index (χ1v) is 9.04. The van der Waals surface area contributed by atoms with Crippen molar-refractivity contribution in [3.63, 3.8) is 0 Å². The van der Waals surface area contributed by atoms with Crippen LogP contribution in [-0.4, -0.2) is 33.7 Å². The van der Waals surface area contributed by atoms with Crippen LogP contribution in [0.5, 0.6) is 0 Å². The fourth-order valence-electron chi connectivity index (χ4n) is 1.96. The van der Waals surface area contributed by atoms with Crippen molar-refractivity contribution in [3.8, 4) is 0 Å². The Balaban J connectivity index is 2.38. The first-order chi connectivity index (χ1) is 13.1. The van der Waals surface area contributed by atoms with Crippen molar-refractivity contribution in [2.24, 2.45) is 16.9 Å². The van der Waals surface area contributed by atoms with Crippen LogP contribution in [0.1, 0.15) is 0 Å². The van der Waals surface area contributed by atoms with E-state index in [1.807, 2.05) is 0 Å². The summed E-state index contributed by atoms with van der Waals surface area (Å²) in [5.74, 6) is 0.801. The van der Waals surface area contributed by atoms with Gasteiger partial charge in [-0.1, -0.05) is 34.8 Å². The third kappa shape index (κ3) is 5.25.